The average molecular weight is 250 g/mol. The molecule has 4 heteroatoms. The van der Waals surface area contributed by atoms with Crippen molar-refractivity contribution < 1.29 is 9.21 Å². The number of carbonyl (C=O) groups excluding carboxylic acids is 1. The van der Waals surface area contributed by atoms with E-state index in [0.717, 1.165) is 44.2 Å². The van der Waals surface area contributed by atoms with Crippen LogP contribution in [0.2, 0.25) is 0 Å². The Morgan fingerprint density at radius 3 is 2.44 bits per heavy atom. The highest BCUT2D eigenvalue weighted by Gasteiger charge is 2.23. The highest BCUT2D eigenvalue weighted by atomic mass is 16.3. The Bertz CT molecular complexity index is 404. The summed E-state index contributed by atoms with van der Waals surface area (Å²) in [6, 6.07) is 4.02. The average Bonchev–Trinajstić information content (AvgIpc) is 2.75. The lowest BCUT2D eigenvalue weighted by Gasteiger charge is -2.35. The minimum Gasteiger partial charge on any atom is -0.465 e. The first-order chi connectivity index (χ1) is 8.56. The number of rotatable bonds is 3. The van der Waals surface area contributed by atoms with E-state index in [9.17, 15) is 4.79 Å². The summed E-state index contributed by atoms with van der Waals surface area (Å²) >= 11 is 0. The zero-order valence-corrected chi connectivity index (χ0v) is 11.5. The van der Waals surface area contributed by atoms with Gasteiger partial charge in [0.15, 0.2) is 0 Å². The highest BCUT2D eigenvalue weighted by molar-refractivity contribution is 5.78. The topological polar surface area (TPSA) is 36.7 Å². The first kappa shape index (κ1) is 13.1. The molecule has 0 aromatic carbocycles. The van der Waals surface area contributed by atoms with Gasteiger partial charge in [-0.15, -0.1) is 0 Å². The van der Waals surface area contributed by atoms with Gasteiger partial charge in [0.1, 0.15) is 11.5 Å². The standard InChI is InChI=1S/C14H22N2O2/c1-11(2)14(17)16-8-6-15(7-9-16)10-13-5-4-12(3)18-13/h4-5,11H,6-10H2,1-3H3. The van der Waals surface area contributed by atoms with E-state index in [-0.39, 0.29) is 11.8 Å². The molecule has 1 aliphatic rings. The third-order valence-corrected chi connectivity index (χ3v) is 3.35. The molecule has 2 rings (SSSR count). The maximum absolute atomic E-state index is 11.9. The predicted octanol–water partition coefficient (Wildman–Crippen LogP) is 1.89. The van der Waals surface area contributed by atoms with Crippen LogP contribution in [0.1, 0.15) is 25.4 Å². The molecular formula is C14H22N2O2. The van der Waals surface area contributed by atoms with Gasteiger partial charge in [-0.3, -0.25) is 9.69 Å². The molecule has 0 radical (unpaired) electrons. The lowest BCUT2D eigenvalue weighted by Crippen LogP contribution is -2.49. The van der Waals surface area contributed by atoms with Gasteiger partial charge in [-0.1, -0.05) is 13.8 Å². The number of carbonyl (C=O) groups is 1. The van der Waals surface area contributed by atoms with Gasteiger partial charge in [-0.05, 0) is 19.1 Å². The smallest absolute Gasteiger partial charge is 0.225 e. The summed E-state index contributed by atoms with van der Waals surface area (Å²) in [5.74, 6) is 2.34. The molecule has 1 fully saturated rings. The fourth-order valence-electron chi connectivity index (χ4n) is 2.28. The normalized spacial score (nSPS) is 17.4. The van der Waals surface area contributed by atoms with Gasteiger partial charge in [0.05, 0.1) is 6.54 Å². The van der Waals surface area contributed by atoms with Crippen LogP contribution in [0.15, 0.2) is 16.5 Å². The lowest BCUT2D eigenvalue weighted by molar-refractivity contribution is -0.136. The van der Waals surface area contributed by atoms with E-state index < -0.39 is 0 Å². The second-order valence-electron chi connectivity index (χ2n) is 5.27. The van der Waals surface area contributed by atoms with E-state index in [4.69, 9.17) is 4.42 Å². The second kappa shape index (κ2) is 5.57. The van der Waals surface area contributed by atoms with Crippen molar-refractivity contribution in [1.29, 1.82) is 0 Å². The van der Waals surface area contributed by atoms with Crippen molar-refractivity contribution in [2.45, 2.75) is 27.3 Å². The summed E-state index contributed by atoms with van der Waals surface area (Å²) in [7, 11) is 0. The molecular weight excluding hydrogens is 228 g/mol. The van der Waals surface area contributed by atoms with Crippen LogP contribution in [0.3, 0.4) is 0 Å². The van der Waals surface area contributed by atoms with Crippen LogP contribution in [0, 0.1) is 12.8 Å². The largest absolute Gasteiger partial charge is 0.465 e. The number of piperazine rings is 1. The van der Waals surface area contributed by atoms with E-state index in [2.05, 4.69) is 4.90 Å². The van der Waals surface area contributed by atoms with Crippen LogP contribution in [0.5, 0.6) is 0 Å². The Labute approximate surface area is 109 Å². The van der Waals surface area contributed by atoms with E-state index in [0.29, 0.717) is 0 Å². The van der Waals surface area contributed by atoms with Crippen LogP contribution in [-0.4, -0.2) is 41.9 Å². The quantitative estimate of drug-likeness (QED) is 0.822. The highest BCUT2D eigenvalue weighted by Crippen LogP contribution is 2.12. The summed E-state index contributed by atoms with van der Waals surface area (Å²) in [5, 5.41) is 0. The molecule has 0 atom stereocenters. The van der Waals surface area contributed by atoms with Crippen molar-refractivity contribution in [3.8, 4) is 0 Å². The number of nitrogens with zero attached hydrogens (tertiary/aromatic N) is 2. The number of aryl methyl sites for hydroxylation is 1. The molecule has 0 unspecified atom stereocenters. The molecule has 0 aliphatic carbocycles. The summed E-state index contributed by atoms with van der Waals surface area (Å²) in [5.41, 5.74) is 0. The first-order valence-electron chi connectivity index (χ1n) is 6.62. The van der Waals surface area contributed by atoms with Gasteiger partial charge in [-0.2, -0.15) is 0 Å². The van der Waals surface area contributed by atoms with E-state index in [1.807, 2.05) is 37.8 Å². The Morgan fingerprint density at radius 2 is 1.94 bits per heavy atom. The van der Waals surface area contributed by atoms with Crippen molar-refractivity contribution in [2.75, 3.05) is 26.2 Å². The Morgan fingerprint density at radius 1 is 1.28 bits per heavy atom. The monoisotopic (exact) mass is 250 g/mol. The van der Waals surface area contributed by atoms with E-state index >= 15 is 0 Å². The minimum atomic E-state index is 0.101. The molecule has 18 heavy (non-hydrogen) atoms. The van der Waals surface area contributed by atoms with Crippen molar-refractivity contribution >= 4 is 5.91 Å². The molecule has 2 heterocycles. The van der Waals surface area contributed by atoms with Gasteiger partial charge < -0.3 is 9.32 Å². The third kappa shape index (κ3) is 3.13. The van der Waals surface area contributed by atoms with Crippen molar-refractivity contribution in [3.63, 3.8) is 0 Å². The summed E-state index contributed by atoms with van der Waals surface area (Å²) in [6.45, 7) is 10.2. The molecule has 0 spiro atoms. The van der Waals surface area contributed by atoms with E-state index in [1.165, 1.54) is 0 Å². The number of hydrogen-bond acceptors (Lipinski definition) is 3. The van der Waals surface area contributed by atoms with Crippen molar-refractivity contribution in [3.05, 3.63) is 23.7 Å². The fourth-order valence-corrected chi connectivity index (χ4v) is 2.28. The van der Waals surface area contributed by atoms with Gasteiger partial charge in [0.25, 0.3) is 0 Å². The Kier molecular flexibility index (Phi) is 4.07. The summed E-state index contributed by atoms with van der Waals surface area (Å²) in [4.78, 5) is 16.2. The Balaban J connectivity index is 1.82. The van der Waals surface area contributed by atoms with Crippen molar-refractivity contribution in [2.24, 2.45) is 5.92 Å². The zero-order valence-electron chi connectivity index (χ0n) is 11.5. The molecule has 0 N–H and O–H groups in total. The molecule has 1 aliphatic heterocycles. The Hall–Kier alpha value is -1.29. The molecule has 0 bridgehead atoms. The molecule has 1 saturated heterocycles. The van der Waals surface area contributed by atoms with Gasteiger partial charge >= 0.3 is 0 Å². The second-order valence-corrected chi connectivity index (χ2v) is 5.27. The SMILES string of the molecule is Cc1ccc(CN2CCN(C(=O)C(C)C)CC2)o1. The van der Waals surface area contributed by atoms with Crippen molar-refractivity contribution in [1.82, 2.24) is 9.80 Å². The lowest BCUT2D eigenvalue weighted by atomic mass is 10.1. The van der Waals surface area contributed by atoms with Crippen LogP contribution >= 0.6 is 0 Å². The molecule has 1 amide bonds. The van der Waals surface area contributed by atoms with E-state index in [1.54, 1.807) is 0 Å². The minimum absolute atomic E-state index is 0.101. The molecule has 1 aromatic heterocycles. The first-order valence-corrected chi connectivity index (χ1v) is 6.62. The number of hydrogen-bond donors (Lipinski definition) is 0. The molecule has 0 saturated carbocycles. The van der Waals surface area contributed by atoms with Crippen LogP contribution in [0.25, 0.3) is 0 Å². The number of amides is 1. The zero-order chi connectivity index (χ0) is 13.1. The molecule has 1 aromatic rings. The van der Waals surface area contributed by atoms with Gasteiger partial charge in [-0.25, -0.2) is 0 Å². The van der Waals surface area contributed by atoms with Gasteiger partial charge in [0, 0.05) is 32.1 Å². The fraction of sp³-hybridized carbons (Fsp3) is 0.643. The van der Waals surface area contributed by atoms with Crippen LogP contribution in [0.4, 0.5) is 0 Å². The maximum atomic E-state index is 11.9. The van der Waals surface area contributed by atoms with Crippen LogP contribution in [-0.2, 0) is 11.3 Å². The number of furan rings is 1. The summed E-state index contributed by atoms with van der Waals surface area (Å²) < 4.78 is 5.58. The predicted molar refractivity (Wildman–Crippen MR) is 70.1 cm³/mol. The van der Waals surface area contributed by atoms with Gasteiger partial charge in [0.2, 0.25) is 5.91 Å². The summed E-state index contributed by atoms with van der Waals surface area (Å²) in [6.07, 6.45) is 0. The molecule has 4 nitrogen and oxygen atoms in total. The molecule has 100 valence electrons. The third-order valence-electron chi connectivity index (χ3n) is 3.35. The maximum Gasteiger partial charge on any atom is 0.225 e. The van der Waals surface area contributed by atoms with Crippen LogP contribution < -0.4 is 0 Å².